The fourth-order valence-electron chi connectivity index (χ4n) is 0.355. The van der Waals surface area contributed by atoms with E-state index in [0.717, 1.165) is 0 Å². The average molecular weight is 193 g/mol. The van der Waals surface area contributed by atoms with Crippen molar-refractivity contribution in [2.45, 2.75) is 6.92 Å². The van der Waals surface area contributed by atoms with Crippen LogP contribution in [-0.2, 0) is 9.05 Å². The molecule has 0 saturated heterocycles. The molecule has 0 aromatic heterocycles. The van der Waals surface area contributed by atoms with Crippen LogP contribution in [-0.4, -0.2) is 8.42 Å². The number of halogens is 1. The molecular weight excluding hydrogens is 184 g/mol. The molecule has 11 heavy (non-hydrogen) atoms. The molecule has 4 heteroatoms. The Hall–Kier alpha value is -0.540. The Kier molecular flexibility index (Phi) is 4.15. The molecule has 0 N–H and O–H groups in total. The molecule has 0 unspecified atom stereocenters. The normalized spacial score (nSPS) is 12.9. The van der Waals surface area contributed by atoms with Gasteiger partial charge >= 0.3 is 0 Å². The van der Waals surface area contributed by atoms with Gasteiger partial charge in [-0.25, -0.2) is 8.42 Å². The summed E-state index contributed by atoms with van der Waals surface area (Å²) in [5.41, 5.74) is 0. The molecular formula is C7H9ClO2S. The molecule has 2 nitrogen and oxygen atoms in total. The highest BCUT2D eigenvalue weighted by atomic mass is 35.7. The van der Waals surface area contributed by atoms with Crippen molar-refractivity contribution in [2.75, 3.05) is 0 Å². The quantitative estimate of drug-likeness (QED) is 0.508. The molecule has 0 aromatic rings. The van der Waals surface area contributed by atoms with Gasteiger partial charge in [0.1, 0.15) is 0 Å². The van der Waals surface area contributed by atoms with E-state index in [0.29, 0.717) is 0 Å². The van der Waals surface area contributed by atoms with E-state index in [1.54, 1.807) is 18.2 Å². The molecule has 0 aromatic carbocycles. The molecule has 0 spiro atoms. The van der Waals surface area contributed by atoms with Crippen LogP contribution in [0.25, 0.3) is 0 Å². The van der Waals surface area contributed by atoms with Crippen LogP contribution in [0.3, 0.4) is 0 Å². The monoisotopic (exact) mass is 192 g/mol. The van der Waals surface area contributed by atoms with E-state index in [9.17, 15) is 8.42 Å². The summed E-state index contributed by atoms with van der Waals surface area (Å²) in [6.45, 7) is 5.08. The summed E-state index contributed by atoms with van der Waals surface area (Å²) >= 11 is 0. The van der Waals surface area contributed by atoms with Crippen molar-refractivity contribution in [3.8, 4) is 0 Å². The number of rotatable bonds is 3. The molecule has 0 radical (unpaired) electrons. The lowest BCUT2D eigenvalue weighted by Crippen LogP contribution is -1.88. The molecule has 0 aliphatic rings. The van der Waals surface area contributed by atoms with Gasteiger partial charge in [0.15, 0.2) is 0 Å². The van der Waals surface area contributed by atoms with Crippen LogP contribution < -0.4 is 0 Å². The summed E-state index contributed by atoms with van der Waals surface area (Å²) in [5.74, 6) is 0. The highest BCUT2D eigenvalue weighted by Crippen LogP contribution is 2.10. The van der Waals surface area contributed by atoms with Gasteiger partial charge in [0, 0.05) is 10.7 Å². The van der Waals surface area contributed by atoms with Crippen molar-refractivity contribution in [3.05, 3.63) is 35.8 Å². The third kappa shape index (κ3) is 4.81. The van der Waals surface area contributed by atoms with Crippen LogP contribution in [0.5, 0.6) is 0 Å². The van der Waals surface area contributed by atoms with Gasteiger partial charge in [-0.2, -0.15) is 0 Å². The molecule has 0 rings (SSSR count). The Morgan fingerprint density at radius 3 is 2.36 bits per heavy atom. The van der Waals surface area contributed by atoms with E-state index in [1.165, 1.54) is 6.08 Å². The van der Waals surface area contributed by atoms with Gasteiger partial charge in [-0.3, -0.25) is 0 Å². The minimum atomic E-state index is -3.63. The van der Waals surface area contributed by atoms with E-state index >= 15 is 0 Å². The first kappa shape index (κ1) is 10.5. The Labute approximate surface area is 71.3 Å². The highest BCUT2D eigenvalue weighted by Gasteiger charge is 2.05. The fourth-order valence-corrected chi connectivity index (χ4v) is 0.751. The number of hydrogen-bond donors (Lipinski definition) is 0. The Morgan fingerprint density at radius 1 is 1.45 bits per heavy atom. The van der Waals surface area contributed by atoms with Gasteiger partial charge in [-0.1, -0.05) is 24.8 Å². The van der Waals surface area contributed by atoms with Gasteiger partial charge in [-0.05, 0) is 13.0 Å². The smallest absolute Gasteiger partial charge is 0.207 e. The zero-order valence-corrected chi connectivity index (χ0v) is 7.69. The minimum Gasteiger partial charge on any atom is -0.207 e. The maximum atomic E-state index is 10.5. The SMILES string of the molecule is C=C(/C=C\C=C/C)S(=O)(=O)Cl. The zero-order valence-electron chi connectivity index (χ0n) is 6.12. The Bertz CT molecular complexity index is 286. The predicted molar refractivity (Wildman–Crippen MR) is 47.9 cm³/mol. The summed E-state index contributed by atoms with van der Waals surface area (Å²) in [6.07, 6.45) is 6.35. The van der Waals surface area contributed by atoms with Crippen LogP contribution in [0.4, 0.5) is 0 Å². The second kappa shape index (κ2) is 4.36. The maximum absolute atomic E-state index is 10.5. The van der Waals surface area contributed by atoms with Crippen molar-refractivity contribution < 1.29 is 8.42 Å². The van der Waals surface area contributed by atoms with E-state index in [4.69, 9.17) is 10.7 Å². The van der Waals surface area contributed by atoms with Crippen molar-refractivity contribution in [1.82, 2.24) is 0 Å². The summed E-state index contributed by atoms with van der Waals surface area (Å²) in [6, 6.07) is 0. The second-order valence-electron chi connectivity index (χ2n) is 1.79. The largest absolute Gasteiger partial charge is 0.260 e. The van der Waals surface area contributed by atoms with E-state index < -0.39 is 9.05 Å². The standard InChI is InChI=1S/C7H9ClO2S/c1-3-4-5-6-7(2)11(8,9)10/h3-6H,2H2,1H3/b4-3-,6-5-. The van der Waals surface area contributed by atoms with E-state index in [1.807, 2.05) is 6.92 Å². The van der Waals surface area contributed by atoms with Crippen LogP contribution in [0, 0.1) is 0 Å². The van der Waals surface area contributed by atoms with Crippen molar-refractivity contribution in [1.29, 1.82) is 0 Å². The molecule has 0 fully saturated rings. The third-order valence-electron chi connectivity index (χ3n) is 0.899. The van der Waals surface area contributed by atoms with Crippen molar-refractivity contribution in [2.24, 2.45) is 0 Å². The summed E-state index contributed by atoms with van der Waals surface area (Å²) in [7, 11) is 1.33. The molecule has 0 atom stereocenters. The van der Waals surface area contributed by atoms with Gasteiger partial charge in [-0.15, -0.1) is 0 Å². The Morgan fingerprint density at radius 2 is 2.00 bits per heavy atom. The number of allylic oxidation sites excluding steroid dienone is 4. The first-order valence-electron chi connectivity index (χ1n) is 2.91. The Balaban J connectivity index is 4.33. The molecule has 0 aliphatic heterocycles. The third-order valence-corrected chi connectivity index (χ3v) is 2.26. The van der Waals surface area contributed by atoms with Gasteiger partial charge in [0.05, 0.1) is 4.91 Å². The average Bonchev–Trinajstić information content (AvgIpc) is 1.86. The van der Waals surface area contributed by atoms with Crippen LogP contribution >= 0.6 is 10.7 Å². The van der Waals surface area contributed by atoms with E-state index in [2.05, 4.69) is 6.58 Å². The molecule has 62 valence electrons. The first-order chi connectivity index (χ1) is 4.98. The molecule has 0 bridgehead atoms. The van der Waals surface area contributed by atoms with E-state index in [-0.39, 0.29) is 4.91 Å². The molecule has 0 aliphatic carbocycles. The molecule has 0 saturated carbocycles. The minimum absolute atomic E-state index is 0.0998. The summed E-state index contributed by atoms with van der Waals surface area (Å²) in [4.78, 5) is -0.0998. The van der Waals surface area contributed by atoms with Crippen LogP contribution in [0.15, 0.2) is 35.8 Å². The highest BCUT2D eigenvalue weighted by molar-refractivity contribution is 8.16. The first-order valence-corrected chi connectivity index (χ1v) is 5.22. The fraction of sp³-hybridized carbons (Fsp3) is 0.143. The lowest BCUT2D eigenvalue weighted by molar-refractivity contribution is 0.616. The van der Waals surface area contributed by atoms with Gasteiger partial charge in [0.2, 0.25) is 0 Å². The summed E-state index contributed by atoms with van der Waals surface area (Å²) in [5, 5.41) is 0. The maximum Gasteiger partial charge on any atom is 0.260 e. The second-order valence-corrected chi connectivity index (χ2v) is 4.41. The molecule has 0 heterocycles. The summed E-state index contributed by atoms with van der Waals surface area (Å²) < 4.78 is 21.0. The van der Waals surface area contributed by atoms with Crippen LogP contribution in [0.1, 0.15) is 6.92 Å². The topological polar surface area (TPSA) is 34.1 Å². The van der Waals surface area contributed by atoms with Crippen molar-refractivity contribution in [3.63, 3.8) is 0 Å². The number of hydrogen-bond acceptors (Lipinski definition) is 2. The molecule has 0 amide bonds. The zero-order chi connectivity index (χ0) is 8.91. The predicted octanol–water partition coefficient (Wildman–Crippen LogP) is 2.20. The van der Waals surface area contributed by atoms with Gasteiger partial charge < -0.3 is 0 Å². The van der Waals surface area contributed by atoms with Gasteiger partial charge in [0.25, 0.3) is 9.05 Å². The van der Waals surface area contributed by atoms with Crippen LogP contribution in [0.2, 0.25) is 0 Å². The van der Waals surface area contributed by atoms with Crippen molar-refractivity contribution >= 4 is 19.7 Å². The lowest BCUT2D eigenvalue weighted by atomic mass is 10.4. The lowest BCUT2D eigenvalue weighted by Gasteiger charge is -1.89.